The Bertz CT molecular complexity index is 3380. The first-order chi connectivity index (χ1) is 26.5. The SMILES string of the molecule is CC1(C)c2ccccc2-c2cccc(-c3nc(-c4ccc5oc6ccccc6c5c4)nc(-n4c5ccccc5c5ccc6c7ccccc7oc6c54)n3)c21. The summed E-state index contributed by atoms with van der Waals surface area (Å²) in [7, 11) is 0. The van der Waals surface area contributed by atoms with Crippen LogP contribution in [0.4, 0.5) is 0 Å². The summed E-state index contributed by atoms with van der Waals surface area (Å²) in [6.45, 7) is 4.60. The van der Waals surface area contributed by atoms with Crippen LogP contribution >= 0.6 is 0 Å². The Morgan fingerprint density at radius 3 is 2.00 bits per heavy atom. The quantitative estimate of drug-likeness (QED) is 0.184. The standard InChI is InChI=1S/C48H30N4O2/c1-48(2)37-18-7-3-12-28(37)32-16-11-17-35(42(32)48)46-49-45(27-22-25-41-36(26-27)31-15-6-9-20-39(31)53-41)50-47(51-46)52-38-19-8-4-13-29(38)33-23-24-34-30-14-5-10-21-40(30)54-44(34)43(33)52/h3-26H,1-2H3. The molecule has 12 rings (SSSR count). The van der Waals surface area contributed by atoms with Gasteiger partial charge in [0.15, 0.2) is 17.2 Å². The molecular weight excluding hydrogens is 665 g/mol. The van der Waals surface area contributed by atoms with E-state index in [0.29, 0.717) is 17.6 Å². The van der Waals surface area contributed by atoms with Crippen molar-refractivity contribution in [2.45, 2.75) is 19.3 Å². The summed E-state index contributed by atoms with van der Waals surface area (Å²) in [5, 5.41) is 6.37. The molecule has 6 heteroatoms. The molecule has 7 aromatic carbocycles. The van der Waals surface area contributed by atoms with E-state index in [-0.39, 0.29) is 5.41 Å². The van der Waals surface area contributed by atoms with Crippen molar-refractivity contribution in [3.63, 3.8) is 0 Å². The molecular formula is C48H30N4O2. The molecule has 0 spiro atoms. The summed E-state index contributed by atoms with van der Waals surface area (Å²) in [4.78, 5) is 16.1. The zero-order chi connectivity index (χ0) is 35.7. The lowest BCUT2D eigenvalue weighted by atomic mass is 9.80. The van der Waals surface area contributed by atoms with Crippen molar-refractivity contribution in [2.75, 3.05) is 0 Å². The lowest BCUT2D eigenvalue weighted by molar-refractivity contribution is 0.661. The summed E-state index contributed by atoms with van der Waals surface area (Å²) >= 11 is 0. The van der Waals surface area contributed by atoms with Crippen LogP contribution in [-0.4, -0.2) is 19.5 Å². The number of hydrogen-bond acceptors (Lipinski definition) is 5. The van der Waals surface area contributed by atoms with E-state index in [2.05, 4.69) is 122 Å². The Morgan fingerprint density at radius 2 is 1.13 bits per heavy atom. The van der Waals surface area contributed by atoms with Gasteiger partial charge >= 0.3 is 0 Å². The minimum Gasteiger partial charge on any atom is -0.456 e. The van der Waals surface area contributed by atoms with Gasteiger partial charge in [-0.1, -0.05) is 117 Å². The van der Waals surface area contributed by atoms with E-state index in [1.807, 2.05) is 42.5 Å². The second kappa shape index (κ2) is 10.5. The maximum atomic E-state index is 6.69. The first-order valence-electron chi connectivity index (χ1n) is 18.3. The highest BCUT2D eigenvalue weighted by molar-refractivity contribution is 6.21. The Morgan fingerprint density at radius 1 is 0.481 bits per heavy atom. The second-order valence-electron chi connectivity index (χ2n) is 14.8. The minimum atomic E-state index is -0.266. The zero-order valence-corrected chi connectivity index (χ0v) is 29.5. The molecule has 11 aromatic rings. The highest BCUT2D eigenvalue weighted by Gasteiger charge is 2.38. The molecule has 4 aromatic heterocycles. The summed E-state index contributed by atoms with van der Waals surface area (Å²) in [6.07, 6.45) is 0. The van der Waals surface area contributed by atoms with Gasteiger partial charge in [0.2, 0.25) is 5.95 Å². The second-order valence-corrected chi connectivity index (χ2v) is 14.8. The van der Waals surface area contributed by atoms with Crippen LogP contribution in [0.3, 0.4) is 0 Å². The van der Waals surface area contributed by atoms with Gasteiger partial charge in [-0.05, 0) is 64.7 Å². The molecule has 0 unspecified atom stereocenters. The van der Waals surface area contributed by atoms with Gasteiger partial charge in [-0.25, -0.2) is 4.98 Å². The van der Waals surface area contributed by atoms with E-state index in [4.69, 9.17) is 23.8 Å². The number of para-hydroxylation sites is 3. The molecule has 0 atom stereocenters. The minimum absolute atomic E-state index is 0.266. The molecule has 254 valence electrons. The molecule has 6 nitrogen and oxygen atoms in total. The molecule has 0 N–H and O–H groups in total. The van der Waals surface area contributed by atoms with Crippen molar-refractivity contribution in [3.05, 3.63) is 157 Å². The fourth-order valence-electron chi connectivity index (χ4n) is 9.05. The third kappa shape index (κ3) is 3.91. The van der Waals surface area contributed by atoms with Crippen LogP contribution in [0.25, 0.3) is 106 Å². The Kier molecular flexibility index (Phi) is 5.75. The highest BCUT2D eigenvalue weighted by atomic mass is 16.3. The number of furan rings is 2. The van der Waals surface area contributed by atoms with Gasteiger partial charge in [-0.2, -0.15) is 9.97 Å². The van der Waals surface area contributed by atoms with E-state index in [0.717, 1.165) is 76.8 Å². The van der Waals surface area contributed by atoms with Crippen molar-refractivity contribution in [1.29, 1.82) is 0 Å². The molecule has 1 aliphatic rings. The molecule has 0 bridgehead atoms. The topological polar surface area (TPSA) is 69.9 Å². The molecule has 1 aliphatic carbocycles. The van der Waals surface area contributed by atoms with Crippen molar-refractivity contribution in [2.24, 2.45) is 0 Å². The van der Waals surface area contributed by atoms with Crippen LogP contribution in [-0.2, 0) is 5.41 Å². The molecule has 0 saturated carbocycles. The summed E-state index contributed by atoms with van der Waals surface area (Å²) in [5.41, 5.74) is 11.8. The van der Waals surface area contributed by atoms with Crippen molar-refractivity contribution in [3.8, 4) is 39.9 Å². The van der Waals surface area contributed by atoms with Gasteiger partial charge in [0, 0.05) is 48.9 Å². The van der Waals surface area contributed by atoms with E-state index in [1.54, 1.807) is 0 Å². The van der Waals surface area contributed by atoms with E-state index in [1.165, 1.54) is 22.3 Å². The average Bonchev–Trinajstić information content (AvgIpc) is 3.94. The average molecular weight is 695 g/mol. The number of hydrogen-bond donors (Lipinski definition) is 0. The Balaban J connectivity index is 1.20. The number of aromatic nitrogens is 4. The van der Waals surface area contributed by atoms with Crippen LogP contribution in [0.1, 0.15) is 25.0 Å². The number of benzene rings is 7. The van der Waals surface area contributed by atoms with Crippen LogP contribution in [0.15, 0.2) is 154 Å². The summed E-state index contributed by atoms with van der Waals surface area (Å²) in [6, 6.07) is 50.6. The number of rotatable bonds is 3. The third-order valence-electron chi connectivity index (χ3n) is 11.5. The van der Waals surface area contributed by atoms with Crippen LogP contribution in [0.2, 0.25) is 0 Å². The summed E-state index contributed by atoms with van der Waals surface area (Å²) < 4.78 is 15.1. The smallest absolute Gasteiger partial charge is 0.238 e. The normalized spacial score (nSPS) is 13.5. The monoisotopic (exact) mass is 694 g/mol. The van der Waals surface area contributed by atoms with Crippen LogP contribution in [0.5, 0.6) is 0 Å². The van der Waals surface area contributed by atoms with Gasteiger partial charge in [0.25, 0.3) is 0 Å². The van der Waals surface area contributed by atoms with Crippen LogP contribution in [0, 0.1) is 0 Å². The number of fused-ring (bicyclic) bond motifs is 13. The Labute approximate surface area is 309 Å². The molecule has 0 saturated heterocycles. The van der Waals surface area contributed by atoms with Gasteiger partial charge in [0.1, 0.15) is 22.3 Å². The highest BCUT2D eigenvalue weighted by Crippen LogP contribution is 2.52. The number of nitrogens with zero attached hydrogens (tertiary/aromatic N) is 4. The molecule has 0 aliphatic heterocycles. The molecule has 0 radical (unpaired) electrons. The molecule has 4 heterocycles. The van der Waals surface area contributed by atoms with Crippen molar-refractivity contribution < 1.29 is 8.83 Å². The predicted octanol–water partition coefficient (Wildman–Crippen LogP) is 12.4. The van der Waals surface area contributed by atoms with Gasteiger partial charge < -0.3 is 8.83 Å². The molecule has 54 heavy (non-hydrogen) atoms. The van der Waals surface area contributed by atoms with E-state index < -0.39 is 0 Å². The zero-order valence-electron chi connectivity index (χ0n) is 29.5. The third-order valence-corrected chi connectivity index (χ3v) is 11.5. The van der Waals surface area contributed by atoms with Crippen molar-refractivity contribution >= 4 is 65.7 Å². The van der Waals surface area contributed by atoms with E-state index in [9.17, 15) is 0 Å². The lowest BCUT2D eigenvalue weighted by Crippen LogP contribution is -2.17. The molecule has 0 fully saturated rings. The summed E-state index contributed by atoms with van der Waals surface area (Å²) in [5.74, 6) is 1.72. The predicted molar refractivity (Wildman–Crippen MR) is 217 cm³/mol. The van der Waals surface area contributed by atoms with Crippen molar-refractivity contribution in [1.82, 2.24) is 19.5 Å². The van der Waals surface area contributed by atoms with Crippen LogP contribution < -0.4 is 0 Å². The largest absolute Gasteiger partial charge is 0.456 e. The first-order valence-corrected chi connectivity index (χ1v) is 18.3. The fraction of sp³-hybridized carbons (Fsp3) is 0.0625. The van der Waals surface area contributed by atoms with Gasteiger partial charge in [0.05, 0.1) is 5.52 Å². The molecule has 0 amide bonds. The maximum absolute atomic E-state index is 6.69. The maximum Gasteiger partial charge on any atom is 0.238 e. The van der Waals surface area contributed by atoms with E-state index >= 15 is 0 Å². The van der Waals surface area contributed by atoms with Gasteiger partial charge in [-0.3, -0.25) is 4.57 Å². The van der Waals surface area contributed by atoms with Gasteiger partial charge in [-0.15, -0.1) is 0 Å². The first kappa shape index (κ1) is 29.5. The fourth-order valence-corrected chi connectivity index (χ4v) is 9.05. The Hall–Kier alpha value is -7.05. The lowest BCUT2D eigenvalue weighted by Gasteiger charge is -2.24.